The molecule has 0 fully saturated rings. The summed E-state index contributed by atoms with van der Waals surface area (Å²) in [5.41, 5.74) is 2.23. The van der Waals surface area contributed by atoms with Crippen molar-refractivity contribution in [3.8, 4) is 0 Å². The van der Waals surface area contributed by atoms with Crippen LogP contribution in [0.15, 0.2) is 35.4 Å². The highest BCUT2D eigenvalue weighted by Crippen LogP contribution is 2.35. The molecule has 0 aliphatic heterocycles. The summed E-state index contributed by atoms with van der Waals surface area (Å²) in [7, 11) is 0. The van der Waals surface area contributed by atoms with Gasteiger partial charge in [-0.15, -0.1) is 11.3 Å². The first-order chi connectivity index (χ1) is 14.9. The number of nitrogens with zero attached hydrogens (tertiary/aromatic N) is 2. The standard InChI is InChI=1S/C23H26N4O3S/c1-4-18(21(29)26-16-8-6-15(7-9-16)25-14(3)28)27-12-24-22-20(23(27)30)17-10-5-13(2)11-19(17)31-22/h6-9,12-13,18H,4-5,10-11H2,1-3H3,(H,25,28)(H,26,29). The normalized spacial score (nSPS) is 16.5. The molecule has 7 nitrogen and oxygen atoms in total. The second-order valence-electron chi connectivity index (χ2n) is 8.16. The van der Waals surface area contributed by atoms with E-state index in [9.17, 15) is 14.4 Å². The molecule has 1 aromatic carbocycles. The van der Waals surface area contributed by atoms with Crippen LogP contribution >= 0.6 is 11.3 Å². The third-order valence-corrected chi connectivity index (χ3v) is 6.90. The van der Waals surface area contributed by atoms with Gasteiger partial charge in [-0.3, -0.25) is 19.0 Å². The van der Waals surface area contributed by atoms with Crippen LogP contribution in [-0.4, -0.2) is 21.4 Å². The van der Waals surface area contributed by atoms with E-state index >= 15 is 0 Å². The van der Waals surface area contributed by atoms with Crippen LogP contribution in [0.25, 0.3) is 10.2 Å². The van der Waals surface area contributed by atoms with Crippen molar-refractivity contribution in [3.05, 3.63) is 51.4 Å². The number of fused-ring (bicyclic) bond motifs is 3. The Bertz CT molecular complexity index is 1200. The average molecular weight is 439 g/mol. The number of aromatic nitrogens is 2. The molecule has 162 valence electrons. The molecule has 8 heteroatoms. The van der Waals surface area contributed by atoms with Crippen LogP contribution in [0.5, 0.6) is 0 Å². The maximum absolute atomic E-state index is 13.4. The number of hydrogen-bond acceptors (Lipinski definition) is 5. The smallest absolute Gasteiger partial charge is 0.263 e. The number of carbonyl (C=O) groups is 2. The highest BCUT2D eigenvalue weighted by atomic mass is 32.1. The molecule has 2 N–H and O–H groups in total. The molecular formula is C23H26N4O3S. The Morgan fingerprint density at radius 2 is 1.90 bits per heavy atom. The maximum atomic E-state index is 13.4. The Morgan fingerprint density at radius 3 is 2.55 bits per heavy atom. The first-order valence-electron chi connectivity index (χ1n) is 10.6. The summed E-state index contributed by atoms with van der Waals surface area (Å²) in [5, 5.41) is 6.24. The van der Waals surface area contributed by atoms with Crippen LogP contribution in [0.3, 0.4) is 0 Å². The number of thiophene rings is 1. The Hall–Kier alpha value is -3.00. The number of carbonyl (C=O) groups excluding carboxylic acids is 2. The van der Waals surface area contributed by atoms with Crippen molar-refractivity contribution in [1.82, 2.24) is 9.55 Å². The third-order valence-electron chi connectivity index (χ3n) is 5.74. The molecule has 2 heterocycles. The van der Waals surface area contributed by atoms with Crippen molar-refractivity contribution in [2.45, 2.75) is 52.5 Å². The van der Waals surface area contributed by atoms with Gasteiger partial charge in [0.15, 0.2) is 0 Å². The topological polar surface area (TPSA) is 93.1 Å². The first kappa shape index (κ1) is 21.2. The van der Waals surface area contributed by atoms with Gasteiger partial charge in [0.05, 0.1) is 11.7 Å². The molecule has 2 amide bonds. The predicted molar refractivity (Wildman–Crippen MR) is 124 cm³/mol. The summed E-state index contributed by atoms with van der Waals surface area (Å²) >= 11 is 1.61. The van der Waals surface area contributed by atoms with Gasteiger partial charge in [0.1, 0.15) is 10.9 Å². The molecule has 0 bridgehead atoms. The molecule has 2 unspecified atom stereocenters. The number of rotatable bonds is 5. The highest BCUT2D eigenvalue weighted by Gasteiger charge is 2.26. The molecule has 4 rings (SSSR count). The van der Waals surface area contributed by atoms with Crippen LogP contribution in [0, 0.1) is 5.92 Å². The van der Waals surface area contributed by atoms with Crippen molar-refractivity contribution in [2.75, 3.05) is 10.6 Å². The molecule has 3 aromatic rings. The zero-order valence-electron chi connectivity index (χ0n) is 17.9. The monoisotopic (exact) mass is 438 g/mol. The van der Waals surface area contributed by atoms with E-state index in [1.807, 2.05) is 6.92 Å². The summed E-state index contributed by atoms with van der Waals surface area (Å²) in [6, 6.07) is 6.22. The highest BCUT2D eigenvalue weighted by molar-refractivity contribution is 7.18. The van der Waals surface area contributed by atoms with Crippen LogP contribution in [0.4, 0.5) is 11.4 Å². The molecule has 2 aromatic heterocycles. The maximum Gasteiger partial charge on any atom is 0.263 e. The van der Waals surface area contributed by atoms with Gasteiger partial charge in [0.2, 0.25) is 11.8 Å². The van der Waals surface area contributed by atoms with E-state index in [4.69, 9.17) is 0 Å². The molecule has 31 heavy (non-hydrogen) atoms. The SMILES string of the molecule is CCC(C(=O)Nc1ccc(NC(C)=O)cc1)n1cnc2sc3c(c2c1=O)CCC(C)C3. The van der Waals surface area contributed by atoms with Gasteiger partial charge in [-0.05, 0) is 61.4 Å². The van der Waals surface area contributed by atoms with E-state index < -0.39 is 6.04 Å². The fourth-order valence-electron chi connectivity index (χ4n) is 4.14. The van der Waals surface area contributed by atoms with Gasteiger partial charge < -0.3 is 10.6 Å². The van der Waals surface area contributed by atoms with Crippen LogP contribution in [-0.2, 0) is 22.4 Å². The van der Waals surface area contributed by atoms with E-state index in [2.05, 4.69) is 22.5 Å². The summed E-state index contributed by atoms with van der Waals surface area (Å²) in [6.45, 7) is 5.56. The largest absolute Gasteiger partial charge is 0.326 e. The van der Waals surface area contributed by atoms with Crippen molar-refractivity contribution in [2.24, 2.45) is 5.92 Å². The van der Waals surface area contributed by atoms with Gasteiger partial charge in [-0.2, -0.15) is 0 Å². The summed E-state index contributed by atoms with van der Waals surface area (Å²) in [5.74, 6) is 0.194. The molecule has 2 atom stereocenters. The molecule has 0 saturated heterocycles. The first-order valence-corrected chi connectivity index (χ1v) is 11.4. The average Bonchev–Trinajstić information content (AvgIpc) is 3.09. The van der Waals surface area contributed by atoms with Crippen molar-refractivity contribution >= 4 is 44.7 Å². The van der Waals surface area contributed by atoms with Gasteiger partial charge >= 0.3 is 0 Å². The number of aryl methyl sites for hydroxylation is 1. The lowest BCUT2D eigenvalue weighted by Crippen LogP contribution is -2.33. The second kappa shape index (κ2) is 8.63. The number of amides is 2. The Kier molecular flexibility index (Phi) is 5.91. The zero-order valence-corrected chi connectivity index (χ0v) is 18.7. The van der Waals surface area contributed by atoms with E-state index in [1.165, 1.54) is 22.7 Å². The molecule has 1 aliphatic rings. The van der Waals surface area contributed by atoms with Gasteiger partial charge in [0.25, 0.3) is 5.56 Å². The fraction of sp³-hybridized carbons (Fsp3) is 0.391. The lowest BCUT2D eigenvalue weighted by Gasteiger charge is -2.19. The molecule has 0 radical (unpaired) electrons. The van der Waals surface area contributed by atoms with Crippen LogP contribution in [0.2, 0.25) is 0 Å². The molecule has 1 aliphatic carbocycles. The minimum Gasteiger partial charge on any atom is -0.326 e. The van der Waals surface area contributed by atoms with Crippen LogP contribution in [0.1, 0.15) is 50.1 Å². The summed E-state index contributed by atoms with van der Waals surface area (Å²) in [6.07, 6.45) is 4.91. The van der Waals surface area contributed by atoms with Gasteiger partial charge in [-0.25, -0.2) is 4.98 Å². The van der Waals surface area contributed by atoms with Crippen molar-refractivity contribution < 1.29 is 9.59 Å². The Morgan fingerprint density at radius 1 is 1.23 bits per heavy atom. The van der Waals surface area contributed by atoms with Crippen LogP contribution < -0.4 is 16.2 Å². The Balaban J connectivity index is 1.61. The van der Waals surface area contributed by atoms with Gasteiger partial charge in [0, 0.05) is 23.2 Å². The van der Waals surface area contributed by atoms with Crippen molar-refractivity contribution in [3.63, 3.8) is 0 Å². The quantitative estimate of drug-likeness (QED) is 0.626. The number of benzene rings is 1. The third kappa shape index (κ3) is 4.25. The lowest BCUT2D eigenvalue weighted by atomic mass is 9.89. The molecular weight excluding hydrogens is 412 g/mol. The zero-order chi connectivity index (χ0) is 22.1. The predicted octanol–water partition coefficient (Wildman–Crippen LogP) is 4.13. The van der Waals surface area contributed by atoms with E-state index in [-0.39, 0.29) is 17.4 Å². The van der Waals surface area contributed by atoms with E-state index in [1.54, 1.807) is 35.6 Å². The van der Waals surface area contributed by atoms with E-state index in [0.29, 0.717) is 29.1 Å². The summed E-state index contributed by atoms with van der Waals surface area (Å²) in [4.78, 5) is 44.1. The van der Waals surface area contributed by atoms with Crippen molar-refractivity contribution in [1.29, 1.82) is 0 Å². The fourth-order valence-corrected chi connectivity index (χ4v) is 5.48. The molecule has 0 saturated carbocycles. The van der Waals surface area contributed by atoms with E-state index in [0.717, 1.165) is 29.7 Å². The number of nitrogens with one attached hydrogen (secondary N) is 2. The number of hydrogen-bond donors (Lipinski definition) is 2. The minimum atomic E-state index is -0.655. The Labute approximate surface area is 184 Å². The summed E-state index contributed by atoms with van der Waals surface area (Å²) < 4.78 is 1.47. The van der Waals surface area contributed by atoms with Gasteiger partial charge in [-0.1, -0.05) is 13.8 Å². The lowest BCUT2D eigenvalue weighted by molar-refractivity contribution is -0.119. The second-order valence-corrected chi connectivity index (χ2v) is 9.24. The number of anilines is 2. The molecule has 0 spiro atoms. The minimum absolute atomic E-state index is 0.139.